The van der Waals surface area contributed by atoms with Crippen LogP contribution in [-0.2, 0) is 14.2 Å². The molecule has 2 fully saturated rings. The normalized spacial score (nSPS) is 19.6. The predicted octanol–water partition coefficient (Wildman–Crippen LogP) is 15.1. The van der Waals surface area contributed by atoms with Crippen LogP contribution < -0.4 is 0 Å². The van der Waals surface area contributed by atoms with Crippen molar-refractivity contribution in [2.75, 3.05) is 25.0 Å². The number of halogens is 2. The van der Waals surface area contributed by atoms with Gasteiger partial charge in [-0.15, -0.1) is 23.2 Å². The zero-order valence-corrected chi connectivity index (χ0v) is 34.5. The van der Waals surface area contributed by atoms with Gasteiger partial charge in [0.2, 0.25) is 0 Å². The van der Waals surface area contributed by atoms with Crippen LogP contribution in [0.2, 0.25) is 0 Å². The maximum absolute atomic E-state index is 7.83. The summed E-state index contributed by atoms with van der Waals surface area (Å²) in [5.41, 5.74) is -0.289. The molecule has 4 atom stereocenters. The molecule has 2 heterocycles. The highest BCUT2D eigenvalue weighted by atomic mass is 35.5. The van der Waals surface area contributed by atoms with E-state index in [-0.39, 0.29) is 23.4 Å². The Morgan fingerprint density at radius 2 is 0.612 bits per heavy atom. The standard InChI is InChI=1S/C44H84Cl2O3/c1-3-5-7-9-11-15-21-27-33-43(41-39-47-41,35-29-23-17-13-19-25-31-37-45)49-44(42-40-48-42,34-28-22-16-12-10-8-6-4-2)36-30-24-18-14-20-26-32-38-46/h41-42H,3-40H2,1-2H3. The van der Waals surface area contributed by atoms with Gasteiger partial charge in [-0.05, 0) is 38.5 Å². The number of alkyl halides is 2. The van der Waals surface area contributed by atoms with E-state index in [0.717, 1.165) is 63.5 Å². The Bertz CT molecular complexity index is 612. The van der Waals surface area contributed by atoms with Gasteiger partial charge in [-0.2, -0.15) is 0 Å². The van der Waals surface area contributed by atoms with E-state index in [1.54, 1.807) is 0 Å². The first-order valence-electron chi connectivity index (χ1n) is 22.2. The van der Waals surface area contributed by atoms with Crippen LogP contribution in [0.25, 0.3) is 0 Å². The first kappa shape index (κ1) is 45.6. The van der Waals surface area contributed by atoms with Gasteiger partial charge in [0.1, 0.15) is 12.2 Å². The summed E-state index contributed by atoms with van der Waals surface area (Å²) in [5, 5.41) is 0. The van der Waals surface area contributed by atoms with Crippen molar-refractivity contribution in [3.05, 3.63) is 0 Å². The van der Waals surface area contributed by atoms with Crippen LogP contribution in [0.4, 0.5) is 0 Å². The van der Waals surface area contributed by atoms with Crippen LogP contribution in [0.1, 0.15) is 232 Å². The Labute approximate surface area is 316 Å². The number of hydrogen-bond acceptors (Lipinski definition) is 3. The van der Waals surface area contributed by atoms with Crippen molar-refractivity contribution in [1.82, 2.24) is 0 Å². The average molecular weight is 732 g/mol. The molecule has 292 valence electrons. The number of hydrogen-bond donors (Lipinski definition) is 0. The molecule has 0 aliphatic carbocycles. The van der Waals surface area contributed by atoms with Crippen molar-refractivity contribution >= 4 is 23.2 Å². The maximum Gasteiger partial charge on any atom is 0.110 e. The van der Waals surface area contributed by atoms with Gasteiger partial charge in [0.15, 0.2) is 0 Å². The van der Waals surface area contributed by atoms with Crippen molar-refractivity contribution in [3.8, 4) is 0 Å². The fourth-order valence-electron chi connectivity index (χ4n) is 8.26. The molecule has 0 amide bonds. The van der Waals surface area contributed by atoms with Crippen molar-refractivity contribution in [1.29, 1.82) is 0 Å². The van der Waals surface area contributed by atoms with Gasteiger partial charge in [0, 0.05) is 11.8 Å². The molecule has 4 unspecified atom stereocenters. The number of ether oxygens (including phenoxy) is 3. The van der Waals surface area contributed by atoms with Gasteiger partial charge in [-0.1, -0.05) is 194 Å². The minimum atomic E-state index is -0.144. The smallest absolute Gasteiger partial charge is 0.110 e. The topological polar surface area (TPSA) is 34.3 Å². The molecule has 2 aliphatic heterocycles. The highest BCUT2D eigenvalue weighted by molar-refractivity contribution is 6.18. The lowest BCUT2D eigenvalue weighted by molar-refractivity contribution is -0.192. The van der Waals surface area contributed by atoms with Crippen LogP contribution in [0.3, 0.4) is 0 Å². The van der Waals surface area contributed by atoms with Crippen molar-refractivity contribution in [3.63, 3.8) is 0 Å². The zero-order chi connectivity index (χ0) is 35.1. The van der Waals surface area contributed by atoms with Crippen LogP contribution in [-0.4, -0.2) is 48.4 Å². The van der Waals surface area contributed by atoms with Gasteiger partial charge >= 0.3 is 0 Å². The molecule has 0 aromatic heterocycles. The monoisotopic (exact) mass is 731 g/mol. The lowest BCUT2D eigenvalue weighted by Crippen LogP contribution is -2.51. The summed E-state index contributed by atoms with van der Waals surface area (Å²) in [7, 11) is 0. The Balaban J connectivity index is 2.08. The lowest BCUT2D eigenvalue weighted by atomic mass is 9.81. The first-order valence-corrected chi connectivity index (χ1v) is 23.3. The fraction of sp³-hybridized carbons (Fsp3) is 1.00. The number of epoxide rings is 2. The third-order valence-corrected chi connectivity index (χ3v) is 12.2. The molecule has 49 heavy (non-hydrogen) atoms. The maximum atomic E-state index is 7.83. The summed E-state index contributed by atoms with van der Waals surface area (Å²) < 4.78 is 20.3. The largest absolute Gasteiger partial charge is 0.370 e. The molecule has 2 saturated heterocycles. The Hall–Kier alpha value is 0.460. The van der Waals surface area contributed by atoms with Crippen LogP contribution >= 0.6 is 23.2 Å². The molecule has 0 radical (unpaired) electrons. The minimum Gasteiger partial charge on any atom is -0.370 e. The predicted molar refractivity (Wildman–Crippen MR) is 216 cm³/mol. The van der Waals surface area contributed by atoms with Gasteiger partial charge in [-0.3, -0.25) is 0 Å². The van der Waals surface area contributed by atoms with E-state index >= 15 is 0 Å². The highest BCUT2D eigenvalue weighted by Gasteiger charge is 2.56. The molecular weight excluding hydrogens is 647 g/mol. The zero-order valence-electron chi connectivity index (χ0n) is 33.0. The van der Waals surface area contributed by atoms with Gasteiger partial charge in [-0.25, -0.2) is 0 Å². The third kappa shape index (κ3) is 22.3. The first-order chi connectivity index (χ1) is 24.2. The molecule has 0 aromatic carbocycles. The van der Waals surface area contributed by atoms with Crippen molar-refractivity contribution in [2.45, 2.75) is 256 Å². The van der Waals surface area contributed by atoms with Crippen LogP contribution in [0.15, 0.2) is 0 Å². The summed E-state index contributed by atoms with van der Waals surface area (Å²) in [4.78, 5) is 0. The summed E-state index contributed by atoms with van der Waals surface area (Å²) >= 11 is 11.8. The van der Waals surface area contributed by atoms with Crippen LogP contribution in [0.5, 0.6) is 0 Å². The molecule has 2 rings (SSSR count). The summed E-state index contributed by atoms with van der Waals surface area (Å²) in [6, 6.07) is 0. The third-order valence-electron chi connectivity index (χ3n) is 11.6. The van der Waals surface area contributed by atoms with E-state index in [1.165, 1.54) is 180 Å². The fourth-order valence-corrected chi connectivity index (χ4v) is 8.64. The molecule has 0 N–H and O–H groups in total. The second-order valence-corrected chi connectivity index (χ2v) is 16.9. The molecule has 0 saturated carbocycles. The Kier molecular flexibility index (Phi) is 28.7. The lowest BCUT2D eigenvalue weighted by Gasteiger charge is -2.44. The van der Waals surface area contributed by atoms with Crippen LogP contribution in [0, 0.1) is 0 Å². The van der Waals surface area contributed by atoms with E-state index in [1.807, 2.05) is 0 Å². The quantitative estimate of drug-likeness (QED) is 0.0357. The van der Waals surface area contributed by atoms with E-state index in [9.17, 15) is 0 Å². The van der Waals surface area contributed by atoms with E-state index in [4.69, 9.17) is 37.4 Å². The van der Waals surface area contributed by atoms with Crippen molar-refractivity contribution < 1.29 is 14.2 Å². The van der Waals surface area contributed by atoms with E-state index in [0.29, 0.717) is 0 Å². The van der Waals surface area contributed by atoms with Crippen molar-refractivity contribution in [2.24, 2.45) is 0 Å². The molecule has 0 spiro atoms. The molecule has 5 heteroatoms. The Morgan fingerprint density at radius 3 is 0.837 bits per heavy atom. The van der Waals surface area contributed by atoms with E-state index in [2.05, 4.69) is 13.8 Å². The SMILES string of the molecule is CCCCCCCCCCC(CCCCCCCCCCl)(OC(CCCCCCCCCC)(CCCCCCCCCCl)C1CO1)C1CO1. The minimum absolute atomic E-state index is 0.144. The average Bonchev–Trinajstić information content (AvgIpc) is 4.03. The molecule has 3 nitrogen and oxygen atoms in total. The number of rotatable bonds is 40. The van der Waals surface area contributed by atoms with Gasteiger partial charge in [0.25, 0.3) is 0 Å². The summed E-state index contributed by atoms with van der Waals surface area (Å²) in [6.45, 7) is 6.40. The molecule has 2 aliphatic rings. The summed E-state index contributed by atoms with van der Waals surface area (Å²) in [6.07, 6.45) is 45.0. The van der Waals surface area contributed by atoms with E-state index < -0.39 is 0 Å². The summed E-state index contributed by atoms with van der Waals surface area (Å²) in [5.74, 6) is 1.61. The van der Waals surface area contributed by atoms with Gasteiger partial charge in [0.05, 0.1) is 24.4 Å². The molecular formula is C44H84Cl2O3. The van der Waals surface area contributed by atoms with Gasteiger partial charge < -0.3 is 14.2 Å². The second kappa shape index (κ2) is 30.9. The molecule has 0 bridgehead atoms. The highest BCUT2D eigenvalue weighted by Crippen LogP contribution is 2.47. The second-order valence-electron chi connectivity index (χ2n) is 16.2. The Morgan fingerprint density at radius 1 is 0.388 bits per heavy atom. The number of unbranched alkanes of at least 4 members (excludes halogenated alkanes) is 26. The molecule has 0 aromatic rings.